The third-order valence-corrected chi connectivity index (χ3v) is 4.88. The highest BCUT2D eigenvalue weighted by molar-refractivity contribution is 6.00. The molecule has 1 saturated heterocycles. The number of nitrogens with zero attached hydrogens (tertiary/aromatic N) is 1. The number of rotatable bonds is 8. The summed E-state index contributed by atoms with van der Waals surface area (Å²) >= 11 is 0. The van der Waals surface area contributed by atoms with Crippen LogP contribution < -0.4 is 10.2 Å². The van der Waals surface area contributed by atoms with Crippen molar-refractivity contribution in [2.75, 3.05) is 24.6 Å². The average molecular weight is 374 g/mol. The van der Waals surface area contributed by atoms with Crippen molar-refractivity contribution in [1.82, 2.24) is 5.32 Å². The van der Waals surface area contributed by atoms with Gasteiger partial charge in [-0.3, -0.25) is 14.4 Å². The molecule has 0 bridgehead atoms. The van der Waals surface area contributed by atoms with E-state index in [1.165, 1.54) is 0 Å². The molecule has 1 heterocycles. The Kier molecular flexibility index (Phi) is 7.39. The number of ether oxygens (including phenoxy) is 1. The van der Waals surface area contributed by atoms with Gasteiger partial charge in [0.1, 0.15) is 0 Å². The summed E-state index contributed by atoms with van der Waals surface area (Å²) in [5, 5.41) is 2.70. The summed E-state index contributed by atoms with van der Waals surface area (Å²) < 4.78 is 5.12. The molecule has 2 rings (SSSR count). The first-order valence-corrected chi connectivity index (χ1v) is 9.66. The van der Waals surface area contributed by atoms with Gasteiger partial charge in [-0.15, -0.1) is 0 Å². The Morgan fingerprint density at radius 2 is 1.96 bits per heavy atom. The highest BCUT2D eigenvalue weighted by atomic mass is 16.5. The third kappa shape index (κ3) is 5.55. The molecule has 1 fully saturated rings. The van der Waals surface area contributed by atoms with Gasteiger partial charge in [0.05, 0.1) is 5.92 Å². The second-order valence-corrected chi connectivity index (χ2v) is 7.58. The van der Waals surface area contributed by atoms with Gasteiger partial charge in [0, 0.05) is 25.2 Å². The van der Waals surface area contributed by atoms with Crippen molar-refractivity contribution in [3.8, 4) is 0 Å². The zero-order valence-corrected chi connectivity index (χ0v) is 16.7. The highest BCUT2D eigenvalue weighted by Crippen LogP contribution is 2.33. The Balaban J connectivity index is 1.97. The number of carbonyl (C=O) groups excluding carboxylic acids is 3. The first-order chi connectivity index (χ1) is 12.8. The maximum absolute atomic E-state index is 12.5. The minimum atomic E-state index is -0.541. The fraction of sp³-hybridized carbons (Fsp3) is 0.571. The van der Waals surface area contributed by atoms with Crippen molar-refractivity contribution >= 4 is 23.5 Å². The summed E-state index contributed by atoms with van der Waals surface area (Å²) in [5.41, 5.74) is 1.97. The molecule has 148 valence electrons. The van der Waals surface area contributed by atoms with Gasteiger partial charge in [0.15, 0.2) is 6.61 Å². The molecule has 27 heavy (non-hydrogen) atoms. The quantitative estimate of drug-likeness (QED) is 0.710. The standard InChI is InChI=1S/C21H30N2O4/c1-5-15(4)17-8-6-7-9-18(17)23-12-16(10-20(23)25)21(26)27-13-19(24)22-11-14(2)3/h6-9,14-16H,5,10-13H2,1-4H3,(H,22,24)/t15-,16+/m0/s1. The van der Waals surface area contributed by atoms with Crippen LogP contribution >= 0.6 is 0 Å². The number of amides is 2. The largest absolute Gasteiger partial charge is 0.455 e. The summed E-state index contributed by atoms with van der Waals surface area (Å²) in [6, 6.07) is 7.82. The van der Waals surface area contributed by atoms with Crippen LogP contribution in [0.5, 0.6) is 0 Å². The minimum Gasteiger partial charge on any atom is -0.455 e. The normalized spacial score (nSPS) is 17.9. The first-order valence-electron chi connectivity index (χ1n) is 9.66. The fourth-order valence-corrected chi connectivity index (χ4v) is 3.09. The van der Waals surface area contributed by atoms with E-state index in [1.807, 2.05) is 38.1 Å². The van der Waals surface area contributed by atoms with Crippen LogP contribution in [0.2, 0.25) is 0 Å². The first kappa shape index (κ1) is 20.9. The van der Waals surface area contributed by atoms with Crippen molar-refractivity contribution in [1.29, 1.82) is 0 Å². The maximum Gasteiger partial charge on any atom is 0.311 e. The van der Waals surface area contributed by atoms with Gasteiger partial charge in [-0.25, -0.2) is 0 Å². The summed E-state index contributed by atoms with van der Waals surface area (Å²) in [4.78, 5) is 38.2. The molecule has 0 unspecified atom stereocenters. The van der Waals surface area contributed by atoms with E-state index in [-0.39, 0.29) is 24.8 Å². The number of esters is 1. The smallest absolute Gasteiger partial charge is 0.311 e. The van der Waals surface area contributed by atoms with Crippen LogP contribution in [0.1, 0.15) is 52.0 Å². The summed E-state index contributed by atoms with van der Waals surface area (Å²) in [7, 11) is 0. The van der Waals surface area contributed by atoms with Crippen LogP contribution in [0.3, 0.4) is 0 Å². The molecule has 1 aliphatic rings. The van der Waals surface area contributed by atoms with Gasteiger partial charge in [0.25, 0.3) is 5.91 Å². The average Bonchev–Trinajstić information content (AvgIpc) is 3.05. The molecule has 0 aromatic heterocycles. The number of nitrogens with one attached hydrogen (secondary N) is 1. The van der Waals surface area contributed by atoms with Crippen molar-refractivity contribution in [3.05, 3.63) is 29.8 Å². The molecule has 0 aliphatic carbocycles. The topological polar surface area (TPSA) is 75.7 Å². The van der Waals surface area contributed by atoms with Crippen LogP contribution in [0.15, 0.2) is 24.3 Å². The molecule has 0 spiro atoms. The molecule has 2 atom stereocenters. The minimum absolute atomic E-state index is 0.0861. The molecule has 1 aromatic carbocycles. The molecule has 1 N–H and O–H groups in total. The molecular weight excluding hydrogens is 344 g/mol. The lowest BCUT2D eigenvalue weighted by atomic mass is 9.96. The van der Waals surface area contributed by atoms with Crippen LogP contribution in [-0.4, -0.2) is 37.5 Å². The van der Waals surface area contributed by atoms with E-state index in [2.05, 4.69) is 19.2 Å². The summed E-state index contributed by atoms with van der Waals surface area (Å²) in [5.74, 6) is -0.787. The Hall–Kier alpha value is -2.37. The van der Waals surface area contributed by atoms with Crippen LogP contribution in [0.4, 0.5) is 5.69 Å². The highest BCUT2D eigenvalue weighted by Gasteiger charge is 2.37. The van der Waals surface area contributed by atoms with E-state index in [0.29, 0.717) is 24.9 Å². The maximum atomic E-state index is 12.5. The number of benzene rings is 1. The number of anilines is 1. The molecule has 0 radical (unpaired) electrons. The number of hydrogen-bond acceptors (Lipinski definition) is 4. The zero-order valence-electron chi connectivity index (χ0n) is 16.7. The second-order valence-electron chi connectivity index (χ2n) is 7.58. The Labute approximate surface area is 161 Å². The molecule has 6 nitrogen and oxygen atoms in total. The van der Waals surface area contributed by atoms with E-state index < -0.39 is 11.9 Å². The number of carbonyl (C=O) groups is 3. The van der Waals surface area contributed by atoms with Crippen LogP contribution in [0, 0.1) is 11.8 Å². The van der Waals surface area contributed by atoms with Gasteiger partial charge in [-0.05, 0) is 29.9 Å². The monoisotopic (exact) mass is 374 g/mol. The molecule has 0 saturated carbocycles. The van der Waals surface area contributed by atoms with Gasteiger partial charge in [0.2, 0.25) is 5.91 Å². The van der Waals surface area contributed by atoms with Crippen molar-refractivity contribution in [3.63, 3.8) is 0 Å². The molecule has 2 amide bonds. The lowest BCUT2D eigenvalue weighted by Crippen LogP contribution is -2.33. The van der Waals surface area contributed by atoms with Crippen molar-refractivity contribution in [2.24, 2.45) is 11.8 Å². The predicted molar refractivity (Wildman–Crippen MR) is 104 cm³/mol. The number of hydrogen-bond donors (Lipinski definition) is 1. The molecule has 6 heteroatoms. The molecular formula is C21H30N2O4. The molecule has 1 aliphatic heterocycles. The predicted octanol–water partition coefficient (Wildman–Crippen LogP) is 2.87. The van der Waals surface area contributed by atoms with Gasteiger partial charge in [-0.1, -0.05) is 45.9 Å². The van der Waals surface area contributed by atoms with E-state index in [9.17, 15) is 14.4 Å². The van der Waals surface area contributed by atoms with Gasteiger partial charge >= 0.3 is 5.97 Å². The molecule has 1 aromatic rings. The SMILES string of the molecule is CC[C@H](C)c1ccccc1N1C[C@H](C(=O)OCC(=O)NCC(C)C)CC1=O. The summed E-state index contributed by atoms with van der Waals surface area (Å²) in [6.45, 7) is 8.74. The zero-order chi connectivity index (χ0) is 20.0. The van der Waals surface area contributed by atoms with Gasteiger partial charge in [-0.2, -0.15) is 0 Å². The fourth-order valence-electron chi connectivity index (χ4n) is 3.09. The van der Waals surface area contributed by atoms with E-state index in [4.69, 9.17) is 4.74 Å². The second kappa shape index (κ2) is 9.53. The Morgan fingerprint density at radius 3 is 2.63 bits per heavy atom. The van der Waals surface area contributed by atoms with E-state index in [0.717, 1.165) is 17.7 Å². The van der Waals surface area contributed by atoms with E-state index >= 15 is 0 Å². The third-order valence-electron chi connectivity index (χ3n) is 4.88. The van der Waals surface area contributed by atoms with Crippen molar-refractivity contribution in [2.45, 2.75) is 46.5 Å². The van der Waals surface area contributed by atoms with Crippen LogP contribution in [-0.2, 0) is 19.1 Å². The van der Waals surface area contributed by atoms with Crippen molar-refractivity contribution < 1.29 is 19.1 Å². The lowest BCUT2D eigenvalue weighted by Gasteiger charge is -2.23. The summed E-state index contributed by atoms with van der Waals surface area (Å²) in [6.07, 6.45) is 1.08. The van der Waals surface area contributed by atoms with E-state index in [1.54, 1.807) is 4.90 Å². The lowest BCUT2D eigenvalue weighted by molar-refractivity contribution is -0.152. The number of para-hydroxylation sites is 1. The van der Waals surface area contributed by atoms with Crippen LogP contribution in [0.25, 0.3) is 0 Å². The Morgan fingerprint density at radius 1 is 1.26 bits per heavy atom. The Bertz CT molecular complexity index is 687. The van der Waals surface area contributed by atoms with Gasteiger partial charge < -0.3 is 15.0 Å².